The van der Waals surface area contributed by atoms with E-state index in [1.807, 2.05) is 36.4 Å². The SMILES string of the molecule is N#CC(C#N)=c1c(-c2ccccc2)c2c3cccc4cccc(c-2c1-c1ccccc1)c43. The summed E-state index contributed by atoms with van der Waals surface area (Å²) in [6.07, 6.45) is 0. The van der Waals surface area contributed by atoms with E-state index in [4.69, 9.17) is 0 Å². The Morgan fingerprint density at radius 2 is 0.969 bits per heavy atom. The molecule has 0 radical (unpaired) electrons. The van der Waals surface area contributed by atoms with Crippen molar-refractivity contribution < 1.29 is 0 Å². The number of benzene rings is 4. The van der Waals surface area contributed by atoms with Crippen molar-refractivity contribution >= 4 is 27.1 Å². The fraction of sp³-hybridized carbons (Fsp3) is 0. The van der Waals surface area contributed by atoms with Gasteiger partial charge >= 0.3 is 0 Å². The van der Waals surface area contributed by atoms with Crippen LogP contribution in [0.2, 0.25) is 0 Å². The summed E-state index contributed by atoms with van der Waals surface area (Å²) in [5, 5.41) is 25.4. The molecule has 0 saturated heterocycles. The molecule has 0 atom stereocenters. The highest BCUT2D eigenvalue weighted by atomic mass is 14.3. The molecule has 0 fully saturated rings. The zero-order valence-electron chi connectivity index (χ0n) is 17.1. The zero-order valence-corrected chi connectivity index (χ0v) is 17.1. The first-order chi connectivity index (χ1) is 15.8. The van der Waals surface area contributed by atoms with Crippen molar-refractivity contribution in [1.82, 2.24) is 0 Å². The van der Waals surface area contributed by atoms with Crippen LogP contribution < -0.4 is 5.22 Å². The molecule has 2 nitrogen and oxygen atoms in total. The van der Waals surface area contributed by atoms with E-state index in [1.165, 1.54) is 10.8 Å². The normalized spacial score (nSPS) is 11.1. The van der Waals surface area contributed by atoms with Gasteiger partial charge in [-0.2, -0.15) is 10.5 Å². The molecule has 0 heterocycles. The molecule has 0 aliphatic heterocycles. The van der Waals surface area contributed by atoms with Gasteiger partial charge < -0.3 is 0 Å². The zero-order chi connectivity index (χ0) is 21.7. The van der Waals surface area contributed by atoms with Gasteiger partial charge in [-0.05, 0) is 43.8 Å². The fourth-order valence-electron chi connectivity index (χ4n) is 5.10. The Labute approximate surface area is 185 Å². The van der Waals surface area contributed by atoms with Gasteiger partial charge in [-0.3, -0.25) is 0 Å². The Morgan fingerprint density at radius 1 is 0.500 bits per heavy atom. The van der Waals surface area contributed by atoms with Crippen LogP contribution in [-0.2, 0) is 0 Å². The molecular formula is C30H16N2. The second kappa shape index (κ2) is 6.95. The minimum Gasteiger partial charge on any atom is -0.192 e. The quantitative estimate of drug-likeness (QED) is 0.319. The summed E-state index contributed by atoms with van der Waals surface area (Å²) in [5.41, 5.74) is 6.30. The van der Waals surface area contributed by atoms with E-state index in [-0.39, 0.29) is 5.57 Å². The van der Waals surface area contributed by atoms with Gasteiger partial charge in [0.1, 0.15) is 17.7 Å². The first-order valence-electron chi connectivity index (χ1n) is 10.5. The van der Waals surface area contributed by atoms with E-state index in [2.05, 4.69) is 72.8 Å². The van der Waals surface area contributed by atoms with Crippen LogP contribution in [0.5, 0.6) is 0 Å². The molecular weight excluding hydrogens is 388 g/mol. The molecule has 2 aliphatic carbocycles. The van der Waals surface area contributed by atoms with E-state index < -0.39 is 0 Å². The summed E-state index contributed by atoms with van der Waals surface area (Å²) in [4.78, 5) is 0. The van der Waals surface area contributed by atoms with Crippen molar-refractivity contribution in [3.63, 3.8) is 0 Å². The number of nitriles is 2. The first-order valence-corrected chi connectivity index (χ1v) is 10.5. The van der Waals surface area contributed by atoms with E-state index in [9.17, 15) is 10.5 Å². The van der Waals surface area contributed by atoms with Gasteiger partial charge in [-0.15, -0.1) is 0 Å². The topological polar surface area (TPSA) is 47.6 Å². The van der Waals surface area contributed by atoms with Crippen molar-refractivity contribution in [2.24, 2.45) is 0 Å². The van der Waals surface area contributed by atoms with E-state index in [0.29, 0.717) is 0 Å². The third-order valence-electron chi connectivity index (χ3n) is 6.29. The number of fused-ring (bicyclic) bond motifs is 3. The number of hydrogen-bond acceptors (Lipinski definition) is 2. The van der Waals surface area contributed by atoms with Crippen LogP contribution in [0.1, 0.15) is 0 Å². The van der Waals surface area contributed by atoms with Crippen LogP contribution in [0.4, 0.5) is 0 Å². The molecule has 4 aromatic rings. The predicted octanol–water partition coefficient (Wildman–Crippen LogP) is 6.79. The lowest BCUT2D eigenvalue weighted by Crippen LogP contribution is -2.08. The van der Waals surface area contributed by atoms with Crippen LogP contribution in [0.3, 0.4) is 0 Å². The van der Waals surface area contributed by atoms with Crippen LogP contribution in [0.25, 0.3) is 60.5 Å². The van der Waals surface area contributed by atoms with Crippen LogP contribution in [0, 0.1) is 22.7 Å². The molecule has 0 amide bonds. The van der Waals surface area contributed by atoms with Gasteiger partial charge in [0.2, 0.25) is 0 Å². The van der Waals surface area contributed by atoms with Gasteiger partial charge in [0.15, 0.2) is 0 Å². The molecule has 0 aromatic heterocycles. The van der Waals surface area contributed by atoms with Crippen LogP contribution in [-0.4, -0.2) is 0 Å². The lowest BCUT2D eigenvalue weighted by atomic mass is 9.97. The second-order valence-corrected chi connectivity index (χ2v) is 7.91. The summed E-state index contributed by atoms with van der Waals surface area (Å²) in [6.45, 7) is 0. The molecule has 6 rings (SSSR count). The summed E-state index contributed by atoms with van der Waals surface area (Å²) in [6, 6.07) is 37.3. The van der Waals surface area contributed by atoms with Crippen molar-refractivity contribution in [3.8, 4) is 45.5 Å². The van der Waals surface area contributed by atoms with Gasteiger partial charge in [-0.25, -0.2) is 0 Å². The Hall–Kier alpha value is -4.66. The third kappa shape index (κ3) is 2.38. The fourth-order valence-corrected chi connectivity index (χ4v) is 5.10. The highest BCUT2D eigenvalue weighted by molar-refractivity contribution is 6.29. The molecule has 0 spiro atoms. The lowest BCUT2D eigenvalue weighted by molar-refractivity contribution is 1.50. The smallest absolute Gasteiger partial charge is 0.138 e. The van der Waals surface area contributed by atoms with Gasteiger partial charge in [0, 0.05) is 16.3 Å². The van der Waals surface area contributed by atoms with Crippen LogP contribution >= 0.6 is 0 Å². The Morgan fingerprint density at radius 3 is 1.41 bits per heavy atom. The Kier molecular flexibility index (Phi) is 3.94. The molecule has 0 N–H and O–H groups in total. The predicted molar refractivity (Wildman–Crippen MR) is 130 cm³/mol. The molecule has 2 aliphatic rings. The monoisotopic (exact) mass is 404 g/mol. The molecule has 0 saturated carbocycles. The highest BCUT2D eigenvalue weighted by Crippen LogP contribution is 2.51. The summed E-state index contributed by atoms with van der Waals surface area (Å²) < 4.78 is 0. The summed E-state index contributed by atoms with van der Waals surface area (Å²) >= 11 is 0. The Bertz CT molecular complexity index is 1590. The molecule has 0 bridgehead atoms. The van der Waals surface area contributed by atoms with Crippen LogP contribution in [0.15, 0.2) is 97.1 Å². The second-order valence-electron chi connectivity index (χ2n) is 7.91. The summed E-state index contributed by atoms with van der Waals surface area (Å²) in [7, 11) is 0. The lowest BCUT2D eigenvalue weighted by Gasteiger charge is -2.05. The maximum atomic E-state index is 9.95. The molecule has 146 valence electrons. The third-order valence-corrected chi connectivity index (χ3v) is 6.29. The maximum Gasteiger partial charge on any atom is 0.138 e. The van der Waals surface area contributed by atoms with Gasteiger partial charge in [0.05, 0.1) is 0 Å². The highest BCUT2D eigenvalue weighted by Gasteiger charge is 2.29. The number of rotatable bonds is 2. The first kappa shape index (κ1) is 18.1. The molecule has 32 heavy (non-hydrogen) atoms. The van der Waals surface area contributed by atoms with Gasteiger partial charge in [0.25, 0.3) is 0 Å². The van der Waals surface area contributed by atoms with E-state index in [1.54, 1.807) is 0 Å². The standard InChI is InChI=1S/C30H16N2/c31-17-22(18-32)28-26(20-9-3-1-4-10-20)29-23-15-7-13-19-14-8-16-24(25(19)23)30(29)27(28)21-11-5-2-6-12-21/h1-16H. The molecule has 0 unspecified atom stereocenters. The minimum atomic E-state index is 0.141. The summed E-state index contributed by atoms with van der Waals surface area (Å²) in [5.74, 6) is 0. The number of hydrogen-bond donors (Lipinski definition) is 0. The van der Waals surface area contributed by atoms with Crippen molar-refractivity contribution in [3.05, 3.63) is 102 Å². The number of nitrogens with zero attached hydrogens (tertiary/aromatic N) is 2. The average molecular weight is 404 g/mol. The van der Waals surface area contributed by atoms with Crippen molar-refractivity contribution in [2.45, 2.75) is 0 Å². The average Bonchev–Trinajstić information content (AvgIpc) is 3.36. The largest absolute Gasteiger partial charge is 0.192 e. The maximum absolute atomic E-state index is 9.95. The molecule has 4 aromatic carbocycles. The van der Waals surface area contributed by atoms with Crippen molar-refractivity contribution in [1.29, 1.82) is 10.5 Å². The van der Waals surface area contributed by atoms with Gasteiger partial charge in [-0.1, -0.05) is 97.1 Å². The van der Waals surface area contributed by atoms with E-state index >= 15 is 0 Å². The van der Waals surface area contributed by atoms with E-state index in [0.717, 1.165) is 49.4 Å². The minimum absolute atomic E-state index is 0.141. The Balaban J connectivity index is 1.99. The van der Waals surface area contributed by atoms with Crippen molar-refractivity contribution in [2.75, 3.05) is 0 Å². The molecule has 2 heteroatoms.